The quantitative estimate of drug-likeness (QED) is 0.553. The highest BCUT2D eigenvalue weighted by atomic mass is 16.5. The van der Waals surface area contributed by atoms with Crippen LogP contribution >= 0.6 is 0 Å². The summed E-state index contributed by atoms with van der Waals surface area (Å²) in [7, 11) is 0. The molecule has 0 radical (unpaired) electrons. The predicted molar refractivity (Wildman–Crippen MR) is 113 cm³/mol. The number of hydrogen-bond acceptors (Lipinski definition) is 5. The van der Waals surface area contributed by atoms with Crippen LogP contribution in [-0.4, -0.2) is 55.1 Å². The number of carbonyl (C=O) groups is 2. The molecule has 1 aliphatic rings. The molecule has 0 unspecified atom stereocenters. The second kappa shape index (κ2) is 11.0. The van der Waals surface area contributed by atoms with Crippen molar-refractivity contribution in [3.63, 3.8) is 0 Å². The van der Waals surface area contributed by atoms with Crippen molar-refractivity contribution in [1.29, 1.82) is 0 Å². The van der Waals surface area contributed by atoms with Gasteiger partial charge in [-0.05, 0) is 64.8 Å². The lowest BCUT2D eigenvalue weighted by Gasteiger charge is -2.21. The summed E-state index contributed by atoms with van der Waals surface area (Å²) in [6, 6.07) is 5.75. The molecule has 0 saturated carbocycles. The van der Waals surface area contributed by atoms with E-state index in [0.717, 1.165) is 38.0 Å². The molecule has 0 aliphatic carbocycles. The zero-order chi connectivity index (χ0) is 21.3. The van der Waals surface area contributed by atoms with Gasteiger partial charge in [0.1, 0.15) is 0 Å². The molecule has 7 nitrogen and oxygen atoms in total. The lowest BCUT2D eigenvalue weighted by molar-refractivity contribution is -0.127. The highest BCUT2D eigenvalue weighted by molar-refractivity contribution is 5.78. The molecule has 1 aromatic carbocycles. The number of nitrogens with one attached hydrogen (secondary N) is 2. The van der Waals surface area contributed by atoms with E-state index in [2.05, 4.69) is 10.6 Å². The zero-order valence-electron chi connectivity index (χ0n) is 18.2. The van der Waals surface area contributed by atoms with Gasteiger partial charge in [0.05, 0.1) is 6.61 Å². The first kappa shape index (κ1) is 23.0. The molecule has 2 N–H and O–H groups in total. The lowest BCUT2D eigenvalue weighted by atomic mass is 10.1. The fraction of sp³-hybridized carbons (Fsp3) is 0.636. The third-order valence-corrected chi connectivity index (χ3v) is 4.46. The van der Waals surface area contributed by atoms with Crippen LogP contribution in [-0.2, 0) is 16.1 Å². The highest BCUT2D eigenvalue weighted by Crippen LogP contribution is 2.28. The first-order chi connectivity index (χ1) is 13.8. The van der Waals surface area contributed by atoms with Crippen LogP contribution in [0, 0.1) is 0 Å². The van der Waals surface area contributed by atoms with E-state index in [1.165, 1.54) is 0 Å². The number of benzene rings is 1. The van der Waals surface area contributed by atoms with Crippen molar-refractivity contribution in [3.05, 3.63) is 23.8 Å². The molecule has 0 aromatic heterocycles. The van der Waals surface area contributed by atoms with Crippen molar-refractivity contribution < 1.29 is 19.1 Å². The van der Waals surface area contributed by atoms with Crippen LogP contribution < -0.4 is 20.1 Å². The normalized spacial score (nSPS) is 14.2. The van der Waals surface area contributed by atoms with Crippen LogP contribution in [0.4, 0.5) is 0 Å². The maximum atomic E-state index is 12.0. The van der Waals surface area contributed by atoms with E-state index in [1.54, 1.807) is 0 Å². The Morgan fingerprint density at radius 3 is 2.66 bits per heavy atom. The molecule has 1 aromatic rings. The molecular weight excluding hydrogens is 370 g/mol. The summed E-state index contributed by atoms with van der Waals surface area (Å²) in [4.78, 5) is 25.5. The van der Waals surface area contributed by atoms with Crippen molar-refractivity contribution in [3.8, 4) is 11.5 Å². The molecule has 2 amide bonds. The summed E-state index contributed by atoms with van der Waals surface area (Å²) in [6.45, 7) is 11.4. The first-order valence-corrected chi connectivity index (χ1v) is 10.5. The van der Waals surface area contributed by atoms with Crippen LogP contribution in [0.15, 0.2) is 18.2 Å². The summed E-state index contributed by atoms with van der Waals surface area (Å²) in [6.07, 6.45) is 2.62. The van der Waals surface area contributed by atoms with Crippen molar-refractivity contribution in [2.75, 3.05) is 32.8 Å². The molecule has 0 spiro atoms. The number of carbonyl (C=O) groups excluding carboxylic acids is 2. The molecule has 162 valence electrons. The Morgan fingerprint density at radius 2 is 2.00 bits per heavy atom. The molecule has 2 rings (SSSR count). The summed E-state index contributed by atoms with van der Waals surface area (Å²) in [5, 5.41) is 6.28. The van der Waals surface area contributed by atoms with Crippen molar-refractivity contribution in [2.24, 2.45) is 0 Å². The van der Waals surface area contributed by atoms with Gasteiger partial charge >= 0.3 is 0 Å². The molecule has 1 fully saturated rings. The van der Waals surface area contributed by atoms with Gasteiger partial charge in [-0.3, -0.25) is 9.59 Å². The molecule has 1 heterocycles. The van der Waals surface area contributed by atoms with E-state index >= 15 is 0 Å². The molecule has 1 aliphatic heterocycles. The van der Waals surface area contributed by atoms with Gasteiger partial charge in [-0.15, -0.1) is 0 Å². The van der Waals surface area contributed by atoms with Crippen LogP contribution in [0.3, 0.4) is 0 Å². The van der Waals surface area contributed by atoms with Gasteiger partial charge < -0.3 is 25.0 Å². The van der Waals surface area contributed by atoms with Crippen molar-refractivity contribution >= 4 is 11.8 Å². The topological polar surface area (TPSA) is 79.9 Å². The Morgan fingerprint density at radius 1 is 1.21 bits per heavy atom. The zero-order valence-corrected chi connectivity index (χ0v) is 18.2. The Balaban J connectivity index is 1.79. The minimum absolute atomic E-state index is 0.0514. The van der Waals surface area contributed by atoms with E-state index in [1.807, 2.05) is 50.8 Å². The summed E-state index contributed by atoms with van der Waals surface area (Å²) < 4.78 is 11.4. The molecule has 0 bridgehead atoms. The van der Waals surface area contributed by atoms with E-state index in [4.69, 9.17) is 9.47 Å². The molecular formula is C22H35N3O4. The Bertz CT molecular complexity index is 685. The van der Waals surface area contributed by atoms with Crippen molar-refractivity contribution in [1.82, 2.24) is 15.5 Å². The summed E-state index contributed by atoms with van der Waals surface area (Å²) in [5.74, 6) is 1.31. The fourth-order valence-electron chi connectivity index (χ4n) is 3.22. The fourth-order valence-corrected chi connectivity index (χ4v) is 3.22. The maximum Gasteiger partial charge on any atom is 0.258 e. The average molecular weight is 406 g/mol. The number of ether oxygens (including phenoxy) is 2. The van der Waals surface area contributed by atoms with E-state index in [0.29, 0.717) is 31.1 Å². The molecule has 1 saturated heterocycles. The lowest BCUT2D eigenvalue weighted by Crippen LogP contribution is -2.43. The van der Waals surface area contributed by atoms with Gasteiger partial charge in [-0.2, -0.15) is 0 Å². The minimum Gasteiger partial charge on any atom is -0.490 e. The third-order valence-electron chi connectivity index (χ3n) is 4.46. The average Bonchev–Trinajstić information content (AvgIpc) is 3.04. The van der Waals surface area contributed by atoms with E-state index < -0.39 is 0 Å². The van der Waals surface area contributed by atoms with Gasteiger partial charge in [-0.1, -0.05) is 6.07 Å². The third kappa shape index (κ3) is 8.31. The number of nitrogens with zero attached hydrogens (tertiary/aromatic N) is 1. The van der Waals surface area contributed by atoms with Gasteiger partial charge in [0.15, 0.2) is 18.1 Å². The summed E-state index contributed by atoms with van der Waals surface area (Å²) >= 11 is 0. The monoisotopic (exact) mass is 405 g/mol. The largest absolute Gasteiger partial charge is 0.490 e. The Labute approximate surface area is 174 Å². The molecule has 0 atom stereocenters. The van der Waals surface area contributed by atoms with Gasteiger partial charge in [0.2, 0.25) is 5.91 Å². The summed E-state index contributed by atoms with van der Waals surface area (Å²) in [5.41, 5.74) is 0.790. The Kier molecular flexibility index (Phi) is 8.76. The predicted octanol–water partition coefficient (Wildman–Crippen LogP) is 2.48. The van der Waals surface area contributed by atoms with Crippen LogP contribution in [0.5, 0.6) is 11.5 Å². The van der Waals surface area contributed by atoms with Crippen LogP contribution in [0.2, 0.25) is 0 Å². The number of hydrogen-bond donors (Lipinski definition) is 2. The second-order valence-corrected chi connectivity index (χ2v) is 8.32. The molecule has 29 heavy (non-hydrogen) atoms. The standard InChI is InChI=1S/C22H35N3O4/c1-5-28-19-14-17(15-23-11-7-13-25-12-6-8-21(25)27)9-10-18(19)29-16-20(26)24-22(2,3)4/h9-10,14,23H,5-8,11-13,15-16H2,1-4H3,(H,24,26). The van der Waals surface area contributed by atoms with Gasteiger partial charge in [0.25, 0.3) is 5.91 Å². The van der Waals surface area contributed by atoms with Crippen LogP contribution in [0.25, 0.3) is 0 Å². The van der Waals surface area contributed by atoms with Crippen molar-refractivity contribution in [2.45, 2.75) is 59.0 Å². The minimum atomic E-state index is -0.291. The van der Waals surface area contributed by atoms with E-state index in [-0.39, 0.29) is 24.0 Å². The number of likely N-dealkylation sites (tertiary alicyclic amines) is 1. The maximum absolute atomic E-state index is 12.0. The smallest absolute Gasteiger partial charge is 0.258 e. The highest BCUT2D eigenvalue weighted by Gasteiger charge is 2.19. The Hall–Kier alpha value is -2.28. The number of amides is 2. The SMILES string of the molecule is CCOc1cc(CNCCCN2CCCC2=O)ccc1OCC(=O)NC(C)(C)C. The molecule has 7 heteroatoms. The van der Waals surface area contributed by atoms with Gasteiger partial charge in [-0.25, -0.2) is 0 Å². The first-order valence-electron chi connectivity index (χ1n) is 10.5. The second-order valence-electron chi connectivity index (χ2n) is 8.32. The van der Waals surface area contributed by atoms with Gasteiger partial charge in [0, 0.05) is 31.6 Å². The number of rotatable bonds is 11. The van der Waals surface area contributed by atoms with Crippen LogP contribution in [0.1, 0.15) is 52.5 Å². The van der Waals surface area contributed by atoms with E-state index in [9.17, 15) is 9.59 Å².